The number of rotatable bonds is 6. The second-order valence-corrected chi connectivity index (χ2v) is 4.80. The molecule has 1 rings (SSSR count). The third-order valence-corrected chi connectivity index (χ3v) is 2.59. The number of aliphatic hydroxyl groups is 1. The lowest BCUT2D eigenvalue weighted by atomic mass is 10.2. The zero-order chi connectivity index (χ0) is 13.0. The fourth-order valence-corrected chi connectivity index (χ4v) is 1.59. The van der Waals surface area contributed by atoms with Crippen molar-refractivity contribution in [1.82, 2.24) is 10.2 Å². The van der Waals surface area contributed by atoms with Crippen LogP contribution in [-0.2, 0) is 4.79 Å². The number of aliphatic hydroxyl groups excluding tert-OH is 1. The molecule has 17 heavy (non-hydrogen) atoms. The Morgan fingerprint density at radius 2 is 2.00 bits per heavy atom. The van der Waals surface area contributed by atoms with E-state index in [1.807, 2.05) is 13.8 Å². The first-order valence-corrected chi connectivity index (χ1v) is 5.86. The first-order valence-electron chi connectivity index (χ1n) is 5.86. The average Bonchev–Trinajstić information content (AvgIpc) is 3.05. The summed E-state index contributed by atoms with van der Waals surface area (Å²) >= 11 is 0. The summed E-state index contributed by atoms with van der Waals surface area (Å²) in [5, 5.41) is 19.9. The Morgan fingerprint density at radius 3 is 2.35 bits per heavy atom. The summed E-state index contributed by atoms with van der Waals surface area (Å²) in [5.74, 6) is -0.889. The Morgan fingerprint density at radius 1 is 1.41 bits per heavy atom. The van der Waals surface area contributed by atoms with Gasteiger partial charge in [0.1, 0.15) is 0 Å². The molecule has 6 heteroatoms. The number of nitrogens with zero attached hydrogens (tertiary/aromatic N) is 1. The molecule has 0 radical (unpaired) electrons. The van der Waals surface area contributed by atoms with Crippen molar-refractivity contribution in [2.75, 3.05) is 13.2 Å². The quantitative estimate of drug-likeness (QED) is 0.625. The molecule has 0 aromatic rings. The van der Waals surface area contributed by atoms with Crippen LogP contribution in [0.2, 0.25) is 0 Å². The van der Waals surface area contributed by atoms with Gasteiger partial charge in [0.05, 0.1) is 6.61 Å². The van der Waals surface area contributed by atoms with Crippen LogP contribution >= 0.6 is 0 Å². The highest BCUT2D eigenvalue weighted by Crippen LogP contribution is 2.27. The highest BCUT2D eigenvalue weighted by molar-refractivity contribution is 5.83. The van der Waals surface area contributed by atoms with Crippen LogP contribution in [0, 0.1) is 5.92 Å². The predicted molar refractivity (Wildman–Crippen MR) is 61.6 cm³/mol. The van der Waals surface area contributed by atoms with Crippen molar-refractivity contribution in [2.24, 2.45) is 5.92 Å². The van der Waals surface area contributed by atoms with Crippen molar-refractivity contribution >= 4 is 12.0 Å². The van der Waals surface area contributed by atoms with E-state index in [2.05, 4.69) is 5.32 Å². The number of urea groups is 1. The molecule has 0 spiro atoms. The number of aliphatic carboxylic acids is 1. The van der Waals surface area contributed by atoms with Gasteiger partial charge in [-0.2, -0.15) is 0 Å². The molecule has 0 unspecified atom stereocenters. The van der Waals surface area contributed by atoms with Crippen molar-refractivity contribution in [3.05, 3.63) is 0 Å². The lowest BCUT2D eigenvalue weighted by molar-refractivity contribution is -0.140. The third-order valence-electron chi connectivity index (χ3n) is 2.59. The van der Waals surface area contributed by atoms with Crippen LogP contribution in [0.15, 0.2) is 0 Å². The van der Waals surface area contributed by atoms with Gasteiger partial charge in [-0.3, -0.25) is 0 Å². The molecule has 1 aliphatic rings. The maximum atomic E-state index is 11.9. The number of carboxylic acid groups (broad SMARTS) is 1. The van der Waals surface area contributed by atoms with Gasteiger partial charge in [-0.1, -0.05) is 13.8 Å². The van der Waals surface area contributed by atoms with E-state index in [1.54, 1.807) is 4.90 Å². The van der Waals surface area contributed by atoms with Gasteiger partial charge in [0.15, 0.2) is 6.04 Å². The summed E-state index contributed by atoms with van der Waals surface area (Å²) in [7, 11) is 0. The minimum atomic E-state index is -1.23. The number of amides is 2. The molecule has 0 aromatic carbocycles. The van der Waals surface area contributed by atoms with E-state index >= 15 is 0 Å². The van der Waals surface area contributed by atoms with Gasteiger partial charge < -0.3 is 20.4 Å². The summed E-state index contributed by atoms with van der Waals surface area (Å²) in [6.07, 6.45) is 1.94. The van der Waals surface area contributed by atoms with Crippen LogP contribution < -0.4 is 5.32 Å². The average molecular weight is 244 g/mol. The molecule has 1 fully saturated rings. The fraction of sp³-hybridized carbons (Fsp3) is 0.818. The predicted octanol–water partition coefficient (Wildman–Crippen LogP) is 0.262. The molecule has 0 aliphatic heterocycles. The van der Waals surface area contributed by atoms with E-state index in [4.69, 9.17) is 10.2 Å². The standard InChI is InChI=1S/C11H20N2O4/c1-7(2)5-13(8-3-4-8)11(17)12-9(6-14)10(15)16/h7-9,14H,3-6H2,1-2H3,(H,12,17)(H,15,16)/t9-/m1/s1. The summed E-state index contributed by atoms with van der Waals surface area (Å²) in [5.41, 5.74) is 0. The first kappa shape index (κ1) is 13.8. The zero-order valence-electron chi connectivity index (χ0n) is 10.2. The van der Waals surface area contributed by atoms with E-state index < -0.39 is 24.6 Å². The van der Waals surface area contributed by atoms with Gasteiger partial charge in [0.2, 0.25) is 0 Å². The van der Waals surface area contributed by atoms with Crippen molar-refractivity contribution in [3.63, 3.8) is 0 Å². The normalized spacial score (nSPS) is 16.7. The van der Waals surface area contributed by atoms with E-state index in [9.17, 15) is 9.59 Å². The molecule has 0 saturated heterocycles. The highest BCUT2D eigenvalue weighted by Gasteiger charge is 2.34. The second-order valence-electron chi connectivity index (χ2n) is 4.80. The maximum absolute atomic E-state index is 11.9. The SMILES string of the molecule is CC(C)CN(C(=O)N[C@H](CO)C(=O)O)C1CC1. The number of carbonyl (C=O) groups is 2. The second kappa shape index (κ2) is 5.86. The van der Waals surface area contributed by atoms with E-state index in [-0.39, 0.29) is 6.04 Å². The number of carbonyl (C=O) groups excluding carboxylic acids is 1. The van der Waals surface area contributed by atoms with E-state index in [0.29, 0.717) is 12.5 Å². The van der Waals surface area contributed by atoms with Crippen LogP contribution in [0.4, 0.5) is 4.79 Å². The van der Waals surface area contributed by atoms with Gasteiger partial charge in [-0.15, -0.1) is 0 Å². The third kappa shape index (κ3) is 4.22. The molecular weight excluding hydrogens is 224 g/mol. The summed E-state index contributed by atoms with van der Waals surface area (Å²) < 4.78 is 0. The Bertz CT molecular complexity index is 289. The van der Waals surface area contributed by atoms with Crippen LogP contribution in [0.1, 0.15) is 26.7 Å². The maximum Gasteiger partial charge on any atom is 0.328 e. The van der Waals surface area contributed by atoms with Crippen LogP contribution in [-0.4, -0.2) is 52.3 Å². The largest absolute Gasteiger partial charge is 0.480 e. The van der Waals surface area contributed by atoms with Gasteiger partial charge >= 0.3 is 12.0 Å². The monoisotopic (exact) mass is 244 g/mol. The number of hydrogen-bond acceptors (Lipinski definition) is 3. The van der Waals surface area contributed by atoms with Crippen molar-refractivity contribution in [3.8, 4) is 0 Å². The van der Waals surface area contributed by atoms with Gasteiger partial charge in [0, 0.05) is 12.6 Å². The van der Waals surface area contributed by atoms with Crippen molar-refractivity contribution in [1.29, 1.82) is 0 Å². The van der Waals surface area contributed by atoms with Gasteiger partial charge in [-0.25, -0.2) is 9.59 Å². The number of carboxylic acids is 1. The Kier molecular flexibility index (Phi) is 4.74. The Hall–Kier alpha value is -1.30. The molecule has 98 valence electrons. The fourth-order valence-electron chi connectivity index (χ4n) is 1.59. The minimum Gasteiger partial charge on any atom is -0.480 e. The van der Waals surface area contributed by atoms with E-state index in [0.717, 1.165) is 12.8 Å². The molecule has 0 aromatic heterocycles. The van der Waals surface area contributed by atoms with Gasteiger partial charge in [0.25, 0.3) is 0 Å². The molecular formula is C11H20N2O4. The summed E-state index contributed by atoms with van der Waals surface area (Å²) in [4.78, 5) is 24.2. The molecule has 0 bridgehead atoms. The number of hydrogen-bond donors (Lipinski definition) is 3. The zero-order valence-corrected chi connectivity index (χ0v) is 10.2. The van der Waals surface area contributed by atoms with Crippen molar-refractivity contribution < 1.29 is 19.8 Å². The molecule has 3 N–H and O–H groups in total. The molecule has 0 heterocycles. The smallest absolute Gasteiger partial charge is 0.328 e. The molecule has 6 nitrogen and oxygen atoms in total. The molecule has 1 aliphatic carbocycles. The van der Waals surface area contributed by atoms with Crippen molar-refractivity contribution in [2.45, 2.75) is 38.8 Å². The summed E-state index contributed by atoms with van der Waals surface area (Å²) in [6.45, 7) is 4.02. The Labute approximate surface area is 101 Å². The topological polar surface area (TPSA) is 89.9 Å². The lowest BCUT2D eigenvalue weighted by Crippen LogP contribution is -2.51. The Balaban J connectivity index is 2.55. The van der Waals surface area contributed by atoms with E-state index in [1.165, 1.54) is 0 Å². The molecule has 2 amide bonds. The highest BCUT2D eigenvalue weighted by atomic mass is 16.4. The van der Waals surface area contributed by atoms with Crippen LogP contribution in [0.3, 0.4) is 0 Å². The number of nitrogens with one attached hydrogen (secondary N) is 1. The van der Waals surface area contributed by atoms with Crippen LogP contribution in [0.25, 0.3) is 0 Å². The summed E-state index contributed by atoms with van der Waals surface area (Å²) in [6, 6.07) is -1.40. The molecule has 1 saturated carbocycles. The van der Waals surface area contributed by atoms with Gasteiger partial charge in [-0.05, 0) is 18.8 Å². The first-order chi connectivity index (χ1) is 7.95. The molecule has 1 atom stereocenters. The minimum absolute atomic E-state index is 0.227. The van der Waals surface area contributed by atoms with Crippen LogP contribution in [0.5, 0.6) is 0 Å². The lowest BCUT2D eigenvalue weighted by Gasteiger charge is -2.26.